The van der Waals surface area contributed by atoms with Crippen LogP contribution in [0.25, 0.3) is 0 Å². The van der Waals surface area contributed by atoms with Gasteiger partial charge in [-0.2, -0.15) is 0 Å². The van der Waals surface area contributed by atoms with Crippen LogP contribution in [0.3, 0.4) is 0 Å². The molecule has 4 N–H and O–H groups in total. The fourth-order valence-corrected chi connectivity index (χ4v) is 1.33. The zero-order valence-corrected chi connectivity index (χ0v) is 8.27. The van der Waals surface area contributed by atoms with E-state index in [1.165, 1.54) is 12.1 Å². The highest BCUT2D eigenvalue weighted by atomic mass is 16.5. The summed E-state index contributed by atoms with van der Waals surface area (Å²) in [5.41, 5.74) is 11.1. The number of nitrogens with two attached hydrogens (primary N) is 2. The predicted molar refractivity (Wildman–Crippen MR) is 56.7 cm³/mol. The highest BCUT2D eigenvalue weighted by Gasteiger charge is 2.17. The third-order valence-corrected chi connectivity index (χ3v) is 2.15. The second kappa shape index (κ2) is 3.65. The molecule has 0 saturated heterocycles. The third kappa shape index (κ3) is 1.72. The Morgan fingerprint density at radius 2 is 2.00 bits per heavy atom. The molecule has 1 aromatic carbocycles. The van der Waals surface area contributed by atoms with Crippen LogP contribution in [0, 0.1) is 0 Å². The molecule has 16 heavy (non-hydrogen) atoms. The van der Waals surface area contributed by atoms with Crippen molar-refractivity contribution in [3.63, 3.8) is 0 Å². The Bertz CT molecular complexity index is 508. The molecular weight excluding hydrogens is 210 g/mol. The van der Waals surface area contributed by atoms with Crippen LogP contribution in [0.1, 0.15) is 10.4 Å². The molecule has 1 aliphatic rings. The SMILES string of the molecule is NC(=O)C1=Nc2ccc(C(N)=O)cc2OC1. The molecule has 0 atom stereocenters. The molecule has 0 radical (unpaired) electrons. The first-order chi connectivity index (χ1) is 7.58. The quantitative estimate of drug-likeness (QED) is 0.714. The van der Waals surface area contributed by atoms with Crippen molar-refractivity contribution in [1.29, 1.82) is 0 Å². The average molecular weight is 219 g/mol. The molecule has 82 valence electrons. The number of primary amides is 2. The summed E-state index contributed by atoms with van der Waals surface area (Å²) in [6.07, 6.45) is 0. The topological polar surface area (TPSA) is 108 Å². The zero-order valence-electron chi connectivity index (χ0n) is 8.27. The zero-order chi connectivity index (χ0) is 11.7. The maximum Gasteiger partial charge on any atom is 0.266 e. The summed E-state index contributed by atoms with van der Waals surface area (Å²) in [4.78, 5) is 25.8. The van der Waals surface area contributed by atoms with Crippen LogP contribution in [-0.2, 0) is 4.79 Å². The molecule has 1 aliphatic heterocycles. The first kappa shape index (κ1) is 10.2. The van der Waals surface area contributed by atoms with Gasteiger partial charge < -0.3 is 16.2 Å². The molecular formula is C10H9N3O3. The normalized spacial score (nSPS) is 13.4. The fraction of sp³-hybridized carbons (Fsp3) is 0.100. The van der Waals surface area contributed by atoms with Gasteiger partial charge in [0.1, 0.15) is 23.8 Å². The van der Waals surface area contributed by atoms with E-state index < -0.39 is 11.8 Å². The van der Waals surface area contributed by atoms with Crippen LogP contribution >= 0.6 is 0 Å². The van der Waals surface area contributed by atoms with Gasteiger partial charge in [-0.25, -0.2) is 4.99 Å². The molecule has 0 unspecified atom stereocenters. The third-order valence-electron chi connectivity index (χ3n) is 2.15. The van der Waals surface area contributed by atoms with Gasteiger partial charge in [-0.05, 0) is 18.2 Å². The number of benzene rings is 1. The van der Waals surface area contributed by atoms with Gasteiger partial charge in [0, 0.05) is 5.56 Å². The van der Waals surface area contributed by atoms with E-state index in [4.69, 9.17) is 16.2 Å². The van der Waals surface area contributed by atoms with Gasteiger partial charge in [0.15, 0.2) is 0 Å². The number of hydrogen-bond acceptors (Lipinski definition) is 4. The molecule has 0 fully saturated rings. The number of ether oxygens (including phenoxy) is 1. The van der Waals surface area contributed by atoms with Crippen molar-refractivity contribution >= 4 is 23.2 Å². The lowest BCUT2D eigenvalue weighted by molar-refractivity contribution is -0.112. The number of carbonyl (C=O) groups excluding carboxylic acids is 2. The van der Waals surface area contributed by atoms with E-state index in [2.05, 4.69) is 4.99 Å². The Kier molecular flexibility index (Phi) is 2.32. The van der Waals surface area contributed by atoms with Gasteiger partial charge >= 0.3 is 0 Å². The van der Waals surface area contributed by atoms with Crippen molar-refractivity contribution in [2.75, 3.05) is 6.61 Å². The number of fused-ring (bicyclic) bond motifs is 1. The van der Waals surface area contributed by atoms with Crippen molar-refractivity contribution in [3.05, 3.63) is 23.8 Å². The molecule has 0 bridgehead atoms. The summed E-state index contributed by atoms with van der Waals surface area (Å²) in [6, 6.07) is 4.55. The second-order valence-electron chi connectivity index (χ2n) is 3.26. The van der Waals surface area contributed by atoms with E-state index in [9.17, 15) is 9.59 Å². The number of nitrogens with zero attached hydrogens (tertiary/aromatic N) is 1. The Balaban J connectivity index is 2.43. The molecule has 2 amide bonds. The molecule has 0 aliphatic carbocycles. The monoisotopic (exact) mass is 219 g/mol. The van der Waals surface area contributed by atoms with Crippen LogP contribution in [0.5, 0.6) is 5.75 Å². The second-order valence-corrected chi connectivity index (χ2v) is 3.26. The lowest BCUT2D eigenvalue weighted by Gasteiger charge is -2.15. The predicted octanol–water partition coefficient (Wildman–Crippen LogP) is -0.264. The minimum atomic E-state index is -0.621. The van der Waals surface area contributed by atoms with E-state index in [1.807, 2.05) is 0 Å². The largest absolute Gasteiger partial charge is 0.485 e. The lowest BCUT2D eigenvalue weighted by Crippen LogP contribution is -2.30. The minimum absolute atomic E-state index is 0.00451. The van der Waals surface area contributed by atoms with Gasteiger partial charge in [-0.3, -0.25) is 9.59 Å². The summed E-state index contributed by atoms with van der Waals surface area (Å²) >= 11 is 0. The van der Waals surface area contributed by atoms with Crippen LogP contribution in [0.4, 0.5) is 5.69 Å². The highest BCUT2D eigenvalue weighted by molar-refractivity contribution is 6.39. The van der Waals surface area contributed by atoms with E-state index in [1.54, 1.807) is 6.07 Å². The number of rotatable bonds is 2. The standard InChI is InChI=1S/C10H9N3O3/c11-9(14)5-1-2-6-8(3-5)16-4-7(13-6)10(12)15/h1-3H,4H2,(H2,11,14)(H2,12,15). The molecule has 0 saturated carbocycles. The van der Waals surface area contributed by atoms with Crippen LogP contribution in [-0.4, -0.2) is 24.1 Å². The minimum Gasteiger partial charge on any atom is -0.485 e. The molecule has 2 rings (SSSR count). The van der Waals surface area contributed by atoms with Gasteiger partial charge in [-0.15, -0.1) is 0 Å². The van der Waals surface area contributed by atoms with Crippen LogP contribution in [0.15, 0.2) is 23.2 Å². The first-order valence-electron chi connectivity index (χ1n) is 4.52. The number of hydrogen-bond donors (Lipinski definition) is 2. The van der Waals surface area contributed by atoms with Crippen molar-refractivity contribution in [1.82, 2.24) is 0 Å². The van der Waals surface area contributed by atoms with Gasteiger partial charge in [0.25, 0.3) is 5.91 Å². The molecule has 0 spiro atoms. The van der Waals surface area contributed by atoms with E-state index in [0.29, 0.717) is 17.0 Å². The molecule has 0 aromatic heterocycles. The maximum atomic E-state index is 10.9. The van der Waals surface area contributed by atoms with Gasteiger partial charge in [-0.1, -0.05) is 0 Å². The summed E-state index contributed by atoms with van der Waals surface area (Å²) in [5, 5.41) is 0. The molecule has 6 heteroatoms. The Morgan fingerprint density at radius 3 is 2.62 bits per heavy atom. The summed E-state index contributed by atoms with van der Waals surface area (Å²) < 4.78 is 5.25. The number of aliphatic imine (C=N–C) groups is 1. The smallest absolute Gasteiger partial charge is 0.266 e. The summed E-state index contributed by atoms with van der Waals surface area (Å²) in [7, 11) is 0. The van der Waals surface area contributed by atoms with Crippen LogP contribution < -0.4 is 16.2 Å². The first-order valence-corrected chi connectivity index (χ1v) is 4.52. The number of amides is 2. The molecule has 1 aromatic rings. The Hall–Kier alpha value is -2.37. The van der Waals surface area contributed by atoms with Crippen molar-refractivity contribution in [2.45, 2.75) is 0 Å². The van der Waals surface area contributed by atoms with Gasteiger partial charge in [0.2, 0.25) is 5.91 Å². The molecule has 6 nitrogen and oxygen atoms in total. The number of carbonyl (C=O) groups is 2. The van der Waals surface area contributed by atoms with Gasteiger partial charge in [0.05, 0.1) is 0 Å². The van der Waals surface area contributed by atoms with Crippen molar-refractivity contribution in [3.8, 4) is 5.75 Å². The lowest BCUT2D eigenvalue weighted by atomic mass is 10.1. The highest BCUT2D eigenvalue weighted by Crippen LogP contribution is 2.31. The molecule has 1 heterocycles. The van der Waals surface area contributed by atoms with E-state index in [0.717, 1.165) is 0 Å². The summed E-state index contributed by atoms with van der Waals surface area (Å²) in [6.45, 7) is 0.00451. The Morgan fingerprint density at radius 1 is 1.25 bits per heavy atom. The Labute approximate surface area is 90.9 Å². The van der Waals surface area contributed by atoms with Crippen LogP contribution in [0.2, 0.25) is 0 Å². The summed E-state index contributed by atoms with van der Waals surface area (Å²) in [5.74, 6) is -0.748. The van der Waals surface area contributed by atoms with Crippen molar-refractivity contribution < 1.29 is 14.3 Å². The average Bonchev–Trinajstić information content (AvgIpc) is 2.27. The van der Waals surface area contributed by atoms with E-state index in [-0.39, 0.29) is 12.3 Å². The van der Waals surface area contributed by atoms with E-state index >= 15 is 0 Å². The van der Waals surface area contributed by atoms with Crippen molar-refractivity contribution in [2.24, 2.45) is 16.5 Å². The maximum absolute atomic E-state index is 10.9. The fourth-order valence-electron chi connectivity index (χ4n) is 1.33.